The number of rotatable bonds is 5. The van der Waals surface area contributed by atoms with Gasteiger partial charge in [0.15, 0.2) is 11.5 Å². The number of hydrogen-bond acceptors (Lipinski definition) is 5. The molecule has 3 aromatic rings. The predicted octanol–water partition coefficient (Wildman–Crippen LogP) is 4.14. The van der Waals surface area contributed by atoms with Crippen LogP contribution in [0.4, 0.5) is 5.95 Å². The summed E-state index contributed by atoms with van der Waals surface area (Å²) in [5, 5.41) is 7.95. The SMILES string of the molecule is CCOc1ccc([C@@H]2C[C@H](c3ccc(C)cc3)Nc3ncnn32)cc1OC. The number of ether oxygens (including phenoxy) is 2. The molecule has 2 aromatic carbocycles. The number of fused-ring (bicyclic) bond motifs is 1. The first kappa shape index (κ1) is 17.4. The van der Waals surface area contributed by atoms with Crippen molar-refractivity contribution >= 4 is 5.95 Å². The van der Waals surface area contributed by atoms with Crippen LogP contribution in [0.15, 0.2) is 48.8 Å². The van der Waals surface area contributed by atoms with E-state index in [2.05, 4.69) is 52.7 Å². The van der Waals surface area contributed by atoms with Gasteiger partial charge in [-0.15, -0.1) is 0 Å². The summed E-state index contributed by atoms with van der Waals surface area (Å²) in [5.41, 5.74) is 3.63. The van der Waals surface area contributed by atoms with E-state index in [-0.39, 0.29) is 12.1 Å². The maximum absolute atomic E-state index is 5.65. The number of benzene rings is 2. The van der Waals surface area contributed by atoms with Gasteiger partial charge in [-0.1, -0.05) is 35.9 Å². The van der Waals surface area contributed by atoms with Gasteiger partial charge in [-0.3, -0.25) is 0 Å². The van der Waals surface area contributed by atoms with Crippen LogP contribution in [0, 0.1) is 6.92 Å². The van der Waals surface area contributed by atoms with Gasteiger partial charge in [0, 0.05) is 0 Å². The molecule has 6 nitrogen and oxygen atoms in total. The predicted molar refractivity (Wildman–Crippen MR) is 104 cm³/mol. The number of hydrogen-bond donors (Lipinski definition) is 1. The molecule has 0 saturated carbocycles. The van der Waals surface area contributed by atoms with Gasteiger partial charge in [0.1, 0.15) is 6.33 Å². The van der Waals surface area contributed by atoms with Gasteiger partial charge in [0.2, 0.25) is 5.95 Å². The zero-order chi connectivity index (χ0) is 18.8. The van der Waals surface area contributed by atoms with Gasteiger partial charge < -0.3 is 14.8 Å². The normalized spacial score (nSPS) is 18.5. The molecule has 1 aliphatic heterocycles. The second-order valence-electron chi connectivity index (χ2n) is 6.73. The standard InChI is InChI=1S/C21H24N4O2/c1-4-27-19-10-9-16(11-20(19)26-3)18-12-17(15-7-5-14(2)6-8-15)24-21-22-13-23-25(18)21/h5-11,13,17-18H,4,12H2,1-3H3,(H,22,23,24)/t17-,18+/m1/s1. The zero-order valence-electron chi connectivity index (χ0n) is 15.8. The molecule has 4 rings (SSSR count). The third-order valence-corrected chi connectivity index (χ3v) is 4.98. The van der Waals surface area contributed by atoms with Crippen molar-refractivity contribution < 1.29 is 9.47 Å². The lowest BCUT2D eigenvalue weighted by Crippen LogP contribution is -2.28. The van der Waals surface area contributed by atoms with Crippen molar-refractivity contribution in [3.05, 3.63) is 65.5 Å². The van der Waals surface area contributed by atoms with Crippen LogP contribution in [-0.2, 0) is 0 Å². The lowest BCUT2D eigenvalue weighted by atomic mass is 9.93. The highest BCUT2D eigenvalue weighted by atomic mass is 16.5. The van der Waals surface area contributed by atoms with Crippen LogP contribution in [0.1, 0.15) is 42.1 Å². The minimum atomic E-state index is 0.0691. The van der Waals surface area contributed by atoms with Crippen molar-refractivity contribution in [1.82, 2.24) is 14.8 Å². The van der Waals surface area contributed by atoms with Gasteiger partial charge in [-0.05, 0) is 43.5 Å². The number of nitrogens with one attached hydrogen (secondary N) is 1. The highest BCUT2D eigenvalue weighted by Gasteiger charge is 2.30. The molecule has 140 valence electrons. The highest BCUT2D eigenvalue weighted by molar-refractivity contribution is 5.46. The lowest BCUT2D eigenvalue weighted by Gasteiger charge is -2.32. The molecule has 27 heavy (non-hydrogen) atoms. The van der Waals surface area contributed by atoms with Gasteiger partial charge in [-0.25, -0.2) is 4.68 Å². The largest absolute Gasteiger partial charge is 0.493 e. The summed E-state index contributed by atoms with van der Waals surface area (Å²) in [6.07, 6.45) is 2.47. The van der Waals surface area contributed by atoms with Crippen molar-refractivity contribution in [2.75, 3.05) is 19.0 Å². The molecule has 0 aliphatic carbocycles. The molecular weight excluding hydrogens is 340 g/mol. The molecule has 0 bridgehead atoms. The fourth-order valence-electron chi connectivity index (χ4n) is 3.58. The lowest BCUT2D eigenvalue weighted by molar-refractivity contribution is 0.310. The number of nitrogens with zero attached hydrogens (tertiary/aromatic N) is 3. The van der Waals surface area contributed by atoms with Crippen LogP contribution in [-0.4, -0.2) is 28.5 Å². The van der Waals surface area contributed by atoms with Crippen molar-refractivity contribution in [1.29, 1.82) is 0 Å². The Bertz CT molecular complexity index is 920. The summed E-state index contributed by atoms with van der Waals surface area (Å²) in [7, 11) is 1.67. The van der Waals surface area contributed by atoms with Crippen LogP contribution >= 0.6 is 0 Å². The first-order chi connectivity index (χ1) is 13.2. The van der Waals surface area contributed by atoms with E-state index in [9.17, 15) is 0 Å². The summed E-state index contributed by atoms with van der Waals surface area (Å²) in [6, 6.07) is 15.0. The highest BCUT2D eigenvalue weighted by Crippen LogP contribution is 2.39. The van der Waals surface area contributed by atoms with Crippen LogP contribution in [0.2, 0.25) is 0 Å². The van der Waals surface area contributed by atoms with Gasteiger partial charge in [0.05, 0.1) is 25.8 Å². The summed E-state index contributed by atoms with van der Waals surface area (Å²) in [4.78, 5) is 4.40. The first-order valence-electron chi connectivity index (χ1n) is 9.23. The number of methoxy groups -OCH3 is 1. The second kappa shape index (κ2) is 7.31. The van der Waals surface area contributed by atoms with Crippen LogP contribution in [0.25, 0.3) is 0 Å². The fourth-order valence-corrected chi connectivity index (χ4v) is 3.58. The molecule has 0 spiro atoms. The Kier molecular flexibility index (Phi) is 4.71. The molecule has 1 aromatic heterocycles. The molecule has 1 aliphatic rings. The van der Waals surface area contributed by atoms with E-state index in [1.807, 2.05) is 23.7 Å². The molecule has 0 radical (unpaired) electrons. The summed E-state index contributed by atoms with van der Waals surface area (Å²) < 4.78 is 13.1. The Balaban J connectivity index is 1.70. The Morgan fingerprint density at radius 1 is 1.11 bits per heavy atom. The third kappa shape index (κ3) is 3.35. The van der Waals surface area contributed by atoms with Crippen molar-refractivity contribution in [3.63, 3.8) is 0 Å². The van der Waals surface area contributed by atoms with Gasteiger partial charge in [0.25, 0.3) is 0 Å². The molecular formula is C21H24N4O2. The Hall–Kier alpha value is -3.02. The summed E-state index contributed by atoms with van der Waals surface area (Å²) in [6.45, 7) is 4.67. The van der Waals surface area contributed by atoms with E-state index in [1.54, 1.807) is 13.4 Å². The zero-order valence-corrected chi connectivity index (χ0v) is 15.8. The Morgan fingerprint density at radius 3 is 2.63 bits per heavy atom. The molecule has 2 atom stereocenters. The fraction of sp³-hybridized carbons (Fsp3) is 0.333. The van der Waals surface area contributed by atoms with Crippen molar-refractivity contribution in [2.45, 2.75) is 32.4 Å². The molecule has 1 N–H and O–H groups in total. The van der Waals surface area contributed by atoms with Crippen LogP contribution < -0.4 is 14.8 Å². The quantitative estimate of drug-likeness (QED) is 0.737. The van der Waals surface area contributed by atoms with Crippen LogP contribution in [0.5, 0.6) is 11.5 Å². The molecule has 6 heteroatoms. The molecule has 2 heterocycles. The second-order valence-corrected chi connectivity index (χ2v) is 6.73. The minimum Gasteiger partial charge on any atom is -0.493 e. The smallest absolute Gasteiger partial charge is 0.222 e. The Labute approximate surface area is 159 Å². The molecule has 0 unspecified atom stereocenters. The molecule has 0 fully saturated rings. The van der Waals surface area contributed by atoms with Crippen molar-refractivity contribution in [3.8, 4) is 11.5 Å². The van der Waals surface area contributed by atoms with E-state index >= 15 is 0 Å². The average molecular weight is 364 g/mol. The van der Waals surface area contributed by atoms with Gasteiger partial charge >= 0.3 is 0 Å². The van der Waals surface area contributed by atoms with Crippen LogP contribution in [0.3, 0.4) is 0 Å². The molecule has 0 saturated heterocycles. The third-order valence-electron chi connectivity index (χ3n) is 4.98. The van der Waals surface area contributed by atoms with E-state index < -0.39 is 0 Å². The maximum Gasteiger partial charge on any atom is 0.222 e. The minimum absolute atomic E-state index is 0.0691. The Morgan fingerprint density at radius 2 is 1.89 bits per heavy atom. The summed E-state index contributed by atoms with van der Waals surface area (Å²) in [5.74, 6) is 2.28. The summed E-state index contributed by atoms with van der Waals surface area (Å²) >= 11 is 0. The topological polar surface area (TPSA) is 61.2 Å². The van der Waals surface area contributed by atoms with E-state index in [1.165, 1.54) is 11.1 Å². The van der Waals surface area contributed by atoms with Crippen molar-refractivity contribution in [2.24, 2.45) is 0 Å². The van der Waals surface area contributed by atoms with E-state index in [0.717, 1.165) is 29.4 Å². The molecule has 0 amide bonds. The van der Waals surface area contributed by atoms with E-state index in [0.29, 0.717) is 6.61 Å². The maximum atomic E-state index is 5.65. The average Bonchev–Trinajstić information content (AvgIpc) is 3.17. The number of aromatic nitrogens is 3. The number of anilines is 1. The van der Waals surface area contributed by atoms with E-state index in [4.69, 9.17) is 9.47 Å². The van der Waals surface area contributed by atoms with Gasteiger partial charge in [-0.2, -0.15) is 10.1 Å². The first-order valence-corrected chi connectivity index (χ1v) is 9.23. The number of aryl methyl sites for hydroxylation is 1. The monoisotopic (exact) mass is 364 g/mol.